The molecule has 0 bridgehead atoms. The van der Waals surface area contributed by atoms with Crippen LogP contribution in [0.1, 0.15) is 71.1 Å². The van der Waals surface area contributed by atoms with Gasteiger partial charge in [-0.2, -0.15) is 0 Å². The number of allylic oxidation sites excluding steroid dienone is 4. The number of carbonyl (C=O) groups excluding carboxylic acids is 1. The van der Waals surface area contributed by atoms with E-state index in [-0.39, 0.29) is 24.2 Å². The van der Waals surface area contributed by atoms with Gasteiger partial charge in [-0.05, 0) is 37.8 Å². The third kappa shape index (κ3) is 12.7. The lowest BCUT2D eigenvalue weighted by Crippen LogP contribution is -1.98. The van der Waals surface area contributed by atoms with Gasteiger partial charge in [0.2, 0.25) is 11.4 Å². The minimum absolute atomic E-state index is 0.111. The van der Waals surface area contributed by atoms with E-state index in [1.807, 2.05) is 6.92 Å². The Morgan fingerprint density at radius 2 is 1.28 bits per heavy atom. The van der Waals surface area contributed by atoms with Crippen molar-refractivity contribution in [3.63, 3.8) is 0 Å². The van der Waals surface area contributed by atoms with Crippen molar-refractivity contribution >= 4 is 6.29 Å². The summed E-state index contributed by atoms with van der Waals surface area (Å²) in [5.41, 5.74) is 0.235. The van der Waals surface area contributed by atoms with Gasteiger partial charge < -0.3 is 4.79 Å². The Kier molecular flexibility index (Phi) is 13.8. The molecule has 7 heteroatoms. The first-order chi connectivity index (χ1) is 12.0. The zero-order chi connectivity index (χ0) is 18.9. The molecule has 0 radical (unpaired) electrons. The van der Waals surface area contributed by atoms with Crippen molar-refractivity contribution in [3.8, 4) is 0 Å². The maximum absolute atomic E-state index is 11.0. The van der Waals surface area contributed by atoms with Gasteiger partial charge in [0.15, 0.2) is 0 Å². The van der Waals surface area contributed by atoms with Crippen molar-refractivity contribution in [3.05, 3.63) is 55.9 Å². The monoisotopic (exact) mass is 352 g/mol. The fraction of sp³-hybridized carbons (Fsp3) is 0.611. The van der Waals surface area contributed by atoms with Crippen LogP contribution < -0.4 is 0 Å². The van der Waals surface area contributed by atoms with Crippen LogP contribution in [0.3, 0.4) is 0 Å². The number of nitro groups is 2. The van der Waals surface area contributed by atoms with E-state index < -0.39 is 9.85 Å². The molecule has 0 saturated carbocycles. The predicted octanol–water partition coefficient (Wildman–Crippen LogP) is 4.98. The van der Waals surface area contributed by atoms with Gasteiger partial charge in [-0.25, -0.2) is 0 Å². The van der Waals surface area contributed by atoms with Crippen molar-refractivity contribution in [2.75, 3.05) is 0 Å². The molecule has 0 saturated heterocycles. The van der Waals surface area contributed by atoms with Gasteiger partial charge >= 0.3 is 0 Å². The standard InChI is InChI=1S/C18H28N2O5/c1-2-12-17(19(22)23)14-9-10-15-18(20(24)25)13-8-6-4-3-5-7-11-16-21/h9-10,12-13,16H,2-8,11,14-15H2,1H3/b10-9-,17-12+,18-13+. The van der Waals surface area contributed by atoms with Gasteiger partial charge in [-0.15, -0.1) is 0 Å². The molecule has 0 atom stereocenters. The Hall–Kier alpha value is -2.31. The Morgan fingerprint density at radius 3 is 1.76 bits per heavy atom. The molecule has 140 valence electrons. The first kappa shape index (κ1) is 22.7. The van der Waals surface area contributed by atoms with E-state index >= 15 is 0 Å². The summed E-state index contributed by atoms with van der Waals surface area (Å²) < 4.78 is 0. The summed E-state index contributed by atoms with van der Waals surface area (Å²) in [6.45, 7) is 1.82. The molecule has 0 aliphatic carbocycles. The molecule has 0 N–H and O–H groups in total. The van der Waals surface area contributed by atoms with Crippen molar-refractivity contribution in [1.82, 2.24) is 0 Å². The summed E-state index contributed by atoms with van der Waals surface area (Å²) in [5.74, 6) is 0. The molecule has 25 heavy (non-hydrogen) atoms. The molecular formula is C18H28N2O5. The van der Waals surface area contributed by atoms with E-state index in [1.165, 1.54) is 0 Å². The van der Waals surface area contributed by atoms with Crippen LogP contribution in [-0.2, 0) is 4.79 Å². The normalized spacial score (nSPS) is 12.5. The van der Waals surface area contributed by atoms with Crippen molar-refractivity contribution in [2.24, 2.45) is 0 Å². The van der Waals surface area contributed by atoms with Gasteiger partial charge in [0.25, 0.3) is 0 Å². The van der Waals surface area contributed by atoms with Crippen molar-refractivity contribution in [1.29, 1.82) is 0 Å². The molecule has 0 aromatic rings. The highest BCUT2D eigenvalue weighted by molar-refractivity contribution is 5.48. The van der Waals surface area contributed by atoms with Gasteiger partial charge in [-0.1, -0.05) is 38.3 Å². The quantitative estimate of drug-likeness (QED) is 0.136. The summed E-state index contributed by atoms with van der Waals surface area (Å²) in [6.07, 6.45) is 14.3. The Bertz CT molecular complexity index is 510. The molecule has 7 nitrogen and oxygen atoms in total. The first-order valence-corrected chi connectivity index (χ1v) is 8.78. The lowest BCUT2D eigenvalue weighted by molar-refractivity contribution is -0.427. The van der Waals surface area contributed by atoms with Crippen LogP contribution in [0.2, 0.25) is 0 Å². The summed E-state index contributed by atoms with van der Waals surface area (Å²) >= 11 is 0. The lowest BCUT2D eigenvalue weighted by Gasteiger charge is -1.98. The van der Waals surface area contributed by atoms with Gasteiger partial charge in [0, 0.05) is 6.42 Å². The SMILES string of the molecule is CC/C=C(\C/C=C\C/C(=C\CCCCCCCC=O)[N+](=O)[O-])[N+](=O)[O-]. The molecule has 0 aromatic carbocycles. The third-order valence-electron chi connectivity index (χ3n) is 3.64. The summed E-state index contributed by atoms with van der Waals surface area (Å²) in [6, 6.07) is 0. The molecule has 0 heterocycles. The van der Waals surface area contributed by atoms with E-state index in [0.717, 1.165) is 38.4 Å². The van der Waals surface area contributed by atoms with Gasteiger partial charge in [0.1, 0.15) is 6.29 Å². The second-order valence-corrected chi connectivity index (χ2v) is 5.70. The number of aldehydes is 1. The molecule has 0 aliphatic heterocycles. The number of unbranched alkanes of at least 4 members (excludes halogenated alkanes) is 6. The molecular weight excluding hydrogens is 324 g/mol. The second-order valence-electron chi connectivity index (χ2n) is 5.70. The Morgan fingerprint density at radius 1 is 0.800 bits per heavy atom. The van der Waals surface area contributed by atoms with E-state index in [1.54, 1.807) is 24.3 Å². The van der Waals surface area contributed by atoms with Gasteiger partial charge in [-0.3, -0.25) is 20.2 Å². The summed E-state index contributed by atoms with van der Waals surface area (Å²) in [7, 11) is 0. The van der Waals surface area contributed by atoms with Crippen LogP contribution in [0.25, 0.3) is 0 Å². The number of nitrogens with zero attached hydrogens (tertiary/aromatic N) is 2. The minimum atomic E-state index is -0.423. The maximum atomic E-state index is 11.0. The first-order valence-electron chi connectivity index (χ1n) is 8.78. The number of hydrogen-bond acceptors (Lipinski definition) is 5. The predicted molar refractivity (Wildman–Crippen MR) is 97.2 cm³/mol. The third-order valence-corrected chi connectivity index (χ3v) is 3.64. The fourth-order valence-electron chi connectivity index (χ4n) is 2.28. The molecule has 0 rings (SSSR count). The van der Waals surface area contributed by atoms with E-state index in [2.05, 4.69) is 0 Å². The molecule has 0 aliphatic rings. The molecule has 0 aromatic heterocycles. The molecule has 0 spiro atoms. The lowest BCUT2D eigenvalue weighted by atomic mass is 10.1. The summed E-state index contributed by atoms with van der Waals surface area (Å²) in [5, 5.41) is 21.8. The molecule has 0 unspecified atom stereocenters. The molecule has 0 amide bonds. The highest BCUT2D eigenvalue weighted by Gasteiger charge is 2.09. The minimum Gasteiger partial charge on any atom is -0.303 e. The van der Waals surface area contributed by atoms with Crippen LogP contribution >= 0.6 is 0 Å². The van der Waals surface area contributed by atoms with Crippen LogP contribution in [0.15, 0.2) is 35.7 Å². The highest BCUT2D eigenvalue weighted by atomic mass is 16.6. The largest absolute Gasteiger partial charge is 0.303 e. The zero-order valence-corrected chi connectivity index (χ0v) is 14.9. The van der Waals surface area contributed by atoms with Crippen molar-refractivity contribution in [2.45, 2.75) is 71.1 Å². The van der Waals surface area contributed by atoms with E-state index in [4.69, 9.17) is 0 Å². The topological polar surface area (TPSA) is 103 Å². The van der Waals surface area contributed by atoms with Crippen LogP contribution in [0, 0.1) is 20.2 Å². The average Bonchev–Trinajstić information content (AvgIpc) is 2.57. The van der Waals surface area contributed by atoms with Gasteiger partial charge in [0.05, 0.1) is 22.7 Å². The van der Waals surface area contributed by atoms with E-state index in [9.17, 15) is 25.0 Å². The van der Waals surface area contributed by atoms with Crippen molar-refractivity contribution < 1.29 is 14.6 Å². The average molecular weight is 352 g/mol. The van der Waals surface area contributed by atoms with Crippen LogP contribution in [0.4, 0.5) is 0 Å². The highest BCUT2D eigenvalue weighted by Crippen LogP contribution is 2.12. The van der Waals surface area contributed by atoms with Crippen LogP contribution in [-0.4, -0.2) is 16.1 Å². The van der Waals surface area contributed by atoms with E-state index in [0.29, 0.717) is 19.3 Å². The maximum Gasteiger partial charge on any atom is 0.246 e. The number of rotatable bonds is 15. The number of hydrogen-bond donors (Lipinski definition) is 0. The summed E-state index contributed by atoms with van der Waals surface area (Å²) in [4.78, 5) is 31.2. The molecule has 0 fully saturated rings. The second kappa shape index (κ2) is 15.2. The Balaban J connectivity index is 4.22. The zero-order valence-electron chi connectivity index (χ0n) is 14.9. The number of carbonyl (C=O) groups is 1. The Labute approximate surface area is 148 Å². The smallest absolute Gasteiger partial charge is 0.246 e. The fourth-order valence-corrected chi connectivity index (χ4v) is 2.28. The van der Waals surface area contributed by atoms with Crippen LogP contribution in [0.5, 0.6) is 0 Å².